The molecule has 0 saturated carbocycles. The van der Waals surface area contributed by atoms with Crippen LogP contribution in [0.3, 0.4) is 0 Å². The molecule has 0 amide bonds. The highest BCUT2D eigenvalue weighted by atomic mass is 32.3. The van der Waals surface area contributed by atoms with Crippen molar-refractivity contribution in [1.82, 2.24) is 0 Å². The molecule has 0 radical (unpaired) electrons. The Labute approximate surface area is 90.4 Å². The van der Waals surface area contributed by atoms with E-state index in [1.807, 2.05) is 14.1 Å². The van der Waals surface area contributed by atoms with E-state index in [1.54, 1.807) is 0 Å². The average Bonchev–Trinajstić information content (AvgIpc) is 2.03. The summed E-state index contributed by atoms with van der Waals surface area (Å²) in [5.74, 6) is 0. The van der Waals surface area contributed by atoms with Crippen molar-refractivity contribution in [2.75, 3.05) is 47.5 Å². The molecule has 94 valence electrons. The third-order valence-electron chi connectivity index (χ3n) is 1.61. The highest BCUT2D eigenvalue weighted by Crippen LogP contribution is 1.92. The van der Waals surface area contributed by atoms with Gasteiger partial charge in [-0.2, -0.15) is 0 Å². The number of likely N-dealkylation sites (N-methyl/N-ethyl adjacent to an activating group) is 1. The molecule has 0 aliphatic carbocycles. The maximum Gasteiger partial charge on any atom is 0.217 e. The fraction of sp³-hybridized carbons (Fsp3) is 1.00. The minimum Gasteiger partial charge on any atom is -0.726 e. The summed E-state index contributed by atoms with van der Waals surface area (Å²) in [5, 5.41) is 17.1. The predicted molar refractivity (Wildman–Crippen MR) is 52.7 cm³/mol. The lowest BCUT2D eigenvalue weighted by atomic mass is 10.4. The lowest BCUT2D eigenvalue weighted by Gasteiger charge is -2.27. The molecule has 0 atom stereocenters. The van der Waals surface area contributed by atoms with Crippen molar-refractivity contribution in [1.29, 1.82) is 0 Å². The van der Waals surface area contributed by atoms with E-state index in [-0.39, 0.29) is 13.2 Å². The summed E-state index contributed by atoms with van der Waals surface area (Å²) in [6, 6.07) is 0. The Morgan fingerprint density at radius 3 is 1.60 bits per heavy atom. The zero-order valence-electron chi connectivity index (χ0n) is 9.21. The molecule has 0 rings (SSSR count). The van der Waals surface area contributed by atoms with Crippen LogP contribution in [-0.2, 0) is 14.6 Å². The number of nitrogens with zero attached hydrogens (tertiary/aromatic N) is 1. The smallest absolute Gasteiger partial charge is 0.217 e. The fourth-order valence-corrected chi connectivity index (χ4v) is 0.653. The van der Waals surface area contributed by atoms with Crippen molar-refractivity contribution in [2.45, 2.75) is 0 Å². The van der Waals surface area contributed by atoms with Crippen LogP contribution in [0.1, 0.15) is 0 Å². The van der Waals surface area contributed by atoms with Crippen LogP contribution in [0.25, 0.3) is 0 Å². The van der Waals surface area contributed by atoms with Crippen molar-refractivity contribution in [3.8, 4) is 0 Å². The van der Waals surface area contributed by atoms with Gasteiger partial charge in [0.1, 0.15) is 13.1 Å². The molecule has 0 spiro atoms. The van der Waals surface area contributed by atoms with Gasteiger partial charge in [-0.05, 0) is 0 Å². The van der Waals surface area contributed by atoms with Crippen LogP contribution >= 0.6 is 0 Å². The maximum atomic E-state index is 9.22. The number of aliphatic hydroxyl groups is 2. The van der Waals surface area contributed by atoms with E-state index in [0.717, 1.165) is 7.11 Å². The highest BCUT2D eigenvalue weighted by molar-refractivity contribution is 7.80. The highest BCUT2D eigenvalue weighted by Gasteiger charge is 2.11. The first-order chi connectivity index (χ1) is 6.68. The van der Waals surface area contributed by atoms with Crippen molar-refractivity contribution in [3.05, 3.63) is 0 Å². The number of aliphatic hydroxyl groups excluding tert-OH is 2. The maximum absolute atomic E-state index is 9.22. The molecule has 0 aromatic carbocycles. The summed E-state index contributed by atoms with van der Waals surface area (Å²) in [4.78, 5) is 0. The van der Waals surface area contributed by atoms with E-state index in [2.05, 4.69) is 4.18 Å². The molecule has 0 saturated heterocycles. The first kappa shape index (κ1) is 17.2. The van der Waals surface area contributed by atoms with Gasteiger partial charge in [0.05, 0.1) is 34.4 Å². The molecule has 2 N–H and O–H groups in total. The molecule has 0 aromatic rings. The van der Waals surface area contributed by atoms with Gasteiger partial charge in [-0.1, -0.05) is 0 Å². The predicted octanol–water partition coefficient (Wildman–Crippen LogP) is -1.86. The summed E-state index contributed by atoms with van der Waals surface area (Å²) in [7, 11) is 0.353. The third kappa shape index (κ3) is 16.4. The lowest BCUT2D eigenvalue weighted by Crippen LogP contribution is -2.43. The van der Waals surface area contributed by atoms with Gasteiger partial charge in [0.25, 0.3) is 0 Å². The second-order valence-electron chi connectivity index (χ2n) is 3.41. The van der Waals surface area contributed by atoms with E-state index >= 15 is 0 Å². The Hall–Kier alpha value is -0.250. The van der Waals surface area contributed by atoms with E-state index in [1.165, 1.54) is 0 Å². The molecular formula is C7H19NO6S. The van der Waals surface area contributed by atoms with Gasteiger partial charge in [-0.3, -0.25) is 4.18 Å². The Morgan fingerprint density at radius 1 is 1.20 bits per heavy atom. The molecular weight excluding hydrogens is 226 g/mol. The Balaban J connectivity index is 0. The van der Waals surface area contributed by atoms with E-state index in [4.69, 9.17) is 10.2 Å². The summed E-state index contributed by atoms with van der Waals surface area (Å²) < 4.78 is 31.7. The van der Waals surface area contributed by atoms with Crippen LogP contribution in [0.5, 0.6) is 0 Å². The Kier molecular flexibility index (Phi) is 9.11. The number of rotatable bonds is 5. The summed E-state index contributed by atoms with van der Waals surface area (Å²) in [5.41, 5.74) is 0. The van der Waals surface area contributed by atoms with E-state index < -0.39 is 10.4 Å². The monoisotopic (exact) mass is 245 g/mol. The molecule has 0 heterocycles. The normalized spacial score (nSPS) is 11.9. The van der Waals surface area contributed by atoms with Gasteiger partial charge in [-0.15, -0.1) is 0 Å². The minimum absolute atomic E-state index is 0.188. The zero-order valence-corrected chi connectivity index (χ0v) is 10.0. The molecule has 0 bridgehead atoms. The average molecular weight is 245 g/mol. The molecule has 0 aliphatic heterocycles. The van der Waals surface area contributed by atoms with Crippen molar-refractivity contribution < 1.29 is 31.8 Å². The lowest BCUT2D eigenvalue weighted by molar-refractivity contribution is -0.890. The largest absolute Gasteiger partial charge is 0.726 e. The van der Waals surface area contributed by atoms with Crippen molar-refractivity contribution in [3.63, 3.8) is 0 Å². The molecule has 7 nitrogen and oxygen atoms in total. The summed E-state index contributed by atoms with van der Waals surface area (Å²) >= 11 is 0. The Bertz CT molecular complexity index is 230. The molecule has 0 aliphatic rings. The number of hydrogen-bond acceptors (Lipinski definition) is 6. The number of quaternary nitrogens is 1. The van der Waals surface area contributed by atoms with Gasteiger partial charge in [0.2, 0.25) is 10.4 Å². The van der Waals surface area contributed by atoms with Crippen LogP contribution in [0.2, 0.25) is 0 Å². The quantitative estimate of drug-likeness (QED) is 0.334. The van der Waals surface area contributed by atoms with Crippen LogP contribution in [0.4, 0.5) is 0 Å². The van der Waals surface area contributed by atoms with Gasteiger partial charge in [0.15, 0.2) is 0 Å². The SMILES string of the molecule is COS(=O)(=O)[O-].C[N+](C)(CCO)CCO. The first-order valence-corrected chi connectivity index (χ1v) is 5.57. The van der Waals surface area contributed by atoms with Gasteiger partial charge >= 0.3 is 0 Å². The van der Waals surface area contributed by atoms with Crippen LogP contribution in [-0.4, -0.2) is 75.2 Å². The summed E-state index contributed by atoms with van der Waals surface area (Å²) in [6.45, 7) is 1.79. The van der Waals surface area contributed by atoms with Crippen LogP contribution in [0.15, 0.2) is 0 Å². The minimum atomic E-state index is -4.41. The Morgan fingerprint density at radius 2 is 1.47 bits per heavy atom. The standard InChI is InChI=1S/C6H16NO2.CH4O4S/c1-7(2,3-5-8)4-6-9;1-5-6(2,3)4/h8-9H,3-6H2,1-2H3;1H3,(H,2,3,4)/q+1;/p-1. The molecule has 0 fully saturated rings. The van der Waals surface area contributed by atoms with Gasteiger partial charge in [-0.25, -0.2) is 8.42 Å². The topological polar surface area (TPSA) is 107 Å². The van der Waals surface area contributed by atoms with Gasteiger partial charge < -0.3 is 19.2 Å². The summed E-state index contributed by atoms with van der Waals surface area (Å²) in [6.07, 6.45) is 0. The van der Waals surface area contributed by atoms with Gasteiger partial charge in [0, 0.05) is 0 Å². The van der Waals surface area contributed by atoms with E-state index in [0.29, 0.717) is 17.6 Å². The zero-order chi connectivity index (χ0) is 12.5. The second kappa shape index (κ2) is 7.97. The van der Waals surface area contributed by atoms with Crippen LogP contribution in [0, 0.1) is 0 Å². The molecule has 0 aromatic heterocycles. The fourth-order valence-electron chi connectivity index (χ4n) is 0.653. The molecule has 0 unspecified atom stereocenters. The van der Waals surface area contributed by atoms with Crippen molar-refractivity contribution in [2.24, 2.45) is 0 Å². The first-order valence-electron chi connectivity index (χ1n) is 4.23. The number of hydrogen-bond donors (Lipinski definition) is 2. The van der Waals surface area contributed by atoms with E-state index in [9.17, 15) is 13.0 Å². The van der Waals surface area contributed by atoms with Crippen molar-refractivity contribution >= 4 is 10.4 Å². The molecule has 15 heavy (non-hydrogen) atoms. The third-order valence-corrected chi connectivity index (χ3v) is 2.02. The van der Waals surface area contributed by atoms with Crippen LogP contribution < -0.4 is 0 Å². The second-order valence-corrected chi connectivity index (χ2v) is 4.55. The molecule has 8 heteroatoms.